The van der Waals surface area contributed by atoms with Gasteiger partial charge in [0.05, 0.1) is 19.8 Å². The van der Waals surface area contributed by atoms with Crippen LogP contribution < -0.4 is 19.5 Å². The Morgan fingerprint density at radius 3 is 2.41 bits per heavy atom. The third-order valence-corrected chi connectivity index (χ3v) is 5.56. The Kier molecular flexibility index (Phi) is 7.78. The van der Waals surface area contributed by atoms with Gasteiger partial charge in [0.25, 0.3) is 0 Å². The number of rotatable bonds is 10. The van der Waals surface area contributed by atoms with E-state index in [1.54, 1.807) is 7.11 Å². The van der Waals surface area contributed by atoms with E-state index in [-0.39, 0.29) is 6.04 Å². The summed E-state index contributed by atoms with van der Waals surface area (Å²) in [7, 11) is 1.70. The van der Waals surface area contributed by atoms with Crippen LogP contribution in [0.15, 0.2) is 36.4 Å². The Morgan fingerprint density at radius 1 is 1.00 bits per heavy atom. The van der Waals surface area contributed by atoms with Crippen LogP contribution in [0.5, 0.6) is 17.2 Å². The maximum Gasteiger partial charge on any atom is 0.161 e. The first-order chi connectivity index (χ1) is 14.2. The normalized spacial score (nSPS) is 15.8. The molecule has 1 heterocycles. The molecule has 29 heavy (non-hydrogen) atoms. The van der Waals surface area contributed by atoms with Crippen LogP contribution in [0.25, 0.3) is 0 Å². The maximum absolute atomic E-state index is 5.93. The van der Waals surface area contributed by atoms with Crippen molar-refractivity contribution in [3.05, 3.63) is 53.1 Å². The van der Waals surface area contributed by atoms with Gasteiger partial charge in [-0.15, -0.1) is 0 Å². The topological polar surface area (TPSA) is 43.0 Å². The second-order valence-electron chi connectivity index (χ2n) is 7.22. The zero-order valence-electron chi connectivity index (χ0n) is 18.2. The highest BCUT2D eigenvalue weighted by molar-refractivity contribution is 5.51. The molecule has 5 nitrogen and oxygen atoms in total. The molecule has 1 atom stereocenters. The lowest BCUT2D eigenvalue weighted by Crippen LogP contribution is -2.30. The second kappa shape index (κ2) is 10.5. The van der Waals surface area contributed by atoms with E-state index in [0.717, 1.165) is 49.8 Å². The average molecular weight is 399 g/mol. The summed E-state index contributed by atoms with van der Waals surface area (Å²) in [5.74, 6) is 2.53. The van der Waals surface area contributed by atoms with Crippen molar-refractivity contribution in [3.8, 4) is 17.2 Å². The Labute approximate surface area is 175 Å². The van der Waals surface area contributed by atoms with Crippen molar-refractivity contribution in [3.63, 3.8) is 0 Å². The van der Waals surface area contributed by atoms with Crippen LogP contribution in [0, 0.1) is 0 Å². The van der Waals surface area contributed by atoms with E-state index in [9.17, 15) is 0 Å². The highest BCUT2D eigenvalue weighted by atomic mass is 16.5. The van der Waals surface area contributed by atoms with Crippen LogP contribution in [-0.2, 0) is 6.42 Å². The quantitative estimate of drug-likeness (QED) is 0.654. The summed E-state index contributed by atoms with van der Waals surface area (Å²) in [6.45, 7) is 11.7. The fraction of sp³-hybridized carbons (Fsp3) is 0.500. The summed E-state index contributed by atoms with van der Waals surface area (Å²) in [4.78, 5) is 2.36. The zero-order chi connectivity index (χ0) is 20.6. The standard InChI is InChI=1S/C24H34N2O3/c1-5-26(6-2)14-15-29-20-10-8-18(9-11-20)24-21-17-23(28-7-3)22(27-4)16-19(21)12-13-25-24/h8-11,16-17,24-25H,5-7,12-15H2,1-4H3. The van der Waals surface area contributed by atoms with Gasteiger partial charge in [0.1, 0.15) is 12.4 Å². The molecular formula is C24H34N2O3. The monoisotopic (exact) mass is 398 g/mol. The van der Waals surface area contributed by atoms with Gasteiger partial charge in [-0.3, -0.25) is 0 Å². The number of nitrogens with one attached hydrogen (secondary N) is 1. The van der Waals surface area contributed by atoms with E-state index in [4.69, 9.17) is 14.2 Å². The first-order valence-electron chi connectivity index (χ1n) is 10.7. The molecule has 0 bridgehead atoms. The van der Waals surface area contributed by atoms with Crippen LogP contribution in [0.4, 0.5) is 0 Å². The molecule has 0 spiro atoms. The van der Waals surface area contributed by atoms with Crippen molar-refractivity contribution >= 4 is 0 Å². The first kappa shape index (κ1) is 21.5. The molecule has 1 aliphatic heterocycles. The van der Waals surface area contributed by atoms with Gasteiger partial charge in [0.15, 0.2) is 11.5 Å². The minimum absolute atomic E-state index is 0.147. The van der Waals surface area contributed by atoms with Gasteiger partial charge in [0.2, 0.25) is 0 Å². The zero-order valence-corrected chi connectivity index (χ0v) is 18.2. The molecule has 2 aromatic carbocycles. The largest absolute Gasteiger partial charge is 0.493 e. The van der Waals surface area contributed by atoms with Gasteiger partial charge < -0.3 is 24.4 Å². The van der Waals surface area contributed by atoms with E-state index in [0.29, 0.717) is 13.2 Å². The van der Waals surface area contributed by atoms with E-state index in [1.165, 1.54) is 16.7 Å². The molecule has 1 unspecified atom stereocenters. The molecule has 2 aromatic rings. The van der Waals surface area contributed by atoms with Crippen LogP contribution in [0.2, 0.25) is 0 Å². The summed E-state index contributed by atoms with van der Waals surface area (Å²) in [6.07, 6.45) is 0.987. The van der Waals surface area contributed by atoms with Gasteiger partial charge in [-0.05, 0) is 67.4 Å². The van der Waals surface area contributed by atoms with Crippen molar-refractivity contribution in [2.75, 3.05) is 46.5 Å². The Hall–Kier alpha value is -2.24. The van der Waals surface area contributed by atoms with Gasteiger partial charge in [-0.25, -0.2) is 0 Å². The fourth-order valence-corrected chi connectivity index (χ4v) is 3.88. The van der Waals surface area contributed by atoms with E-state index < -0.39 is 0 Å². The number of fused-ring (bicyclic) bond motifs is 1. The molecular weight excluding hydrogens is 364 g/mol. The molecule has 1 aliphatic rings. The molecule has 0 saturated heterocycles. The third kappa shape index (κ3) is 5.22. The number of nitrogens with zero attached hydrogens (tertiary/aromatic N) is 1. The predicted molar refractivity (Wildman–Crippen MR) is 117 cm³/mol. The average Bonchev–Trinajstić information content (AvgIpc) is 2.76. The highest BCUT2D eigenvalue weighted by Gasteiger charge is 2.24. The third-order valence-electron chi connectivity index (χ3n) is 5.56. The number of benzene rings is 2. The van der Waals surface area contributed by atoms with Crippen LogP contribution in [-0.4, -0.2) is 51.4 Å². The molecule has 3 rings (SSSR count). The molecule has 5 heteroatoms. The van der Waals surface area contributed by atoms with Crippen molar-refractivity contribution in [1.29, 1.82) is 0 Å². The summed E-state index contributed by atoms with van der Waals surface area (Å²) >= 11 is 0. The van der Waals surface area contributed by atoms with Gasteiger partial charge >= 0.3 is 0 Å². The van der Waals surface area contributed by atoms with Crippen molar-refractivity contribution in [2.45, 2.75) is 33.2 Å². The van der Waals surface area contributed by atoms with Gasteiger partial charge in [-0.2, -0.15) is 0 Å². The smallest absolute Gasteiger partial charge is 0.161 e. The molecule has 0 saturated carbocycles. The number of ether oxygens (including phenoxy) is 3. The van der Waals surface area contributed by atoms with Crippen LogP contribution in [0.3, 0.4) is 0 Å². The lowest BCUT2D eigenvalue weighted by molar-refractivity contribution is 0.223. The molecule has 158 valence electrons. The SMILES string of the molecule is CCOc1cc2c(cc1OC)CCNC2c1ccc(OCCN(CC)CC)cc1. The fourth-order valence-electron chi connectivity index (χ4n) is 3.88. The second-order valence-corrected chi connectivity index (χ2v) is 7.22. The minimum Gasteiger partial charge on any atom is -0.493 e. The highest BCUT2D eigenvalue weighted by Crippen LogP contribution is 2.37. The van der Waals surface area contributed by atoms with Crippen LogP contribution >= 0.6 is 0 Å². The van der Waals surface area contributed by atoms with Crippen molar-refractivity contribution in [2.24, 2.45) is 0 Å². The molecule has 0 radical (unpaired) electrons. The summed E-state index contributed by atoms with van der Waals surface area (Å²) in [6, 6.07) is 12.9. The molecule has 0 aliphatic carbocycles. The molecule has 0 amide bonds. The lowest BCUT2D eigenvalue weighted by atomic mass is 9.89. The lowest BCUT2D eigenvalue weighted by Gasteiger charge is -2.29. The van der Waals surface area contributed by atoms with Gasteiger partial charge in [0, 0.05) is 13.1 Å². The Balaban J connectivity index is 1.74. The van der Waals surface area contributed by atoms with Crippen molar-refractivity contribution in [1.82, 2.24) is 10.2 Å². The number of methoxy groups -OCH3 is 1. The van der Waals surface area contributed by atoms with E-state index in [2.05, 4.69) is 60.5 Å². The van der Waals surface area contributed by atoms with Crippen LogP contribution in [0.1, 0.15) is 43.5 Å². The Bertz CT molecular complexity index is 772. The van der Waals surface area contributed by atoms with Gasteiger partial charge in [-0.1, -0.05) is 26.0 Å². The summed E-state index contributed by atoms with van der Waals surface area (Å²) < 4.78 is 17.3. The number of likely N-dealkylation sites (N-methyl/N-ethyl adjacent to an activating group) is 1. The van der Waals surface area contributed by atoms with E-state index in [1.807, 2.05) is 6.92 Å². The summed E-state index contributed by atoms with van der Waals surface area (Å²) in [5, 5.41) is 3.65. The van der Waals surface area contributed by atoms with Crippen molar-refractivity contribution < 1.29 is 14.2 Å². The number of hydrogen-bond acceptors (Lipinski definition) is 5. The molecule has 1 N–H and O–H groups in total. The maximum atomic E-state index is 5.93. The number of hydrogen-bond donors (Lipinski definition) is 1. The minimum atomic E-state index is 0.147. The Morgan fingerprint density at radius 2 is 1.76 bits per heavy atom. The predicted octanol–water partition coefficient (Wildman–Crippen LogP) is 4.05. The van der Waals surface area contributed by atoms with E-state index >= 15 is 0 Å². The summed E-state index contributed by atoms with van der Waals surface area (Å²) in [5.41, 5.74) is 3.80. The molecule has 0 aromatic heterocycles. The molecule has 0 fully saturated rings. The first-order valence-corrected chi connectivity index (χ1v) is 10.7.